The molecule has 2 amide bonds. The van der Waals surface area contributed by atoms with Crippen LogP contribution in [0.5, 0.6) is 0 Å². The predicted octanol–water partition coefficient (Wildman–Crippen LogP) is 2.10. The number of amides is 2. The van der Waals surface area contributed by atoms with Crippen molar-refractivity contribution in [2.24, 2.45) is 10.7 Å². The van der Waals surface area contributed by atoms with Crippen LogP contribution in [0.4, 0.5) is 5.69 Å². The van der Waals surface area contributed by atoms with Crippen LogP contribution in [0, 0.1) is 6.92 Å². The molecule has 0 unspecified atom stereocenters. The summed E-state index contributed by atoms with van der Waals surface area (Å²) in [4.78, 5) is 34.4. The molecule has 1 atom stereocenters. The van der Waals surface area contributed by atoms with Crippen LogP contribution in [0.3, 0.4) is 0 Å². The molecule has 0 radical (unpaired) electrons. The molecule has 3 N–H and O–H groups in total. The van der Waals surface area contributed by atoms with E-state index < -0.39 is 5.54 Å². The third kappa shape index (κ3) is 3.39. The van der Waals surface area contributed by atoms with E-state index in [-0.39, 0.29) is 24.2 Å². The van der Waals surface area contributed by atoms with Gasteiger partial charge < -0.3 is 11.1 Å². The van der Waals surface area contributed by atoms with E-state index >= 15 is 0 Å². The van der Waals surface area contributed by atoms with E-state index in [2.05, 4.69) is 15.3 Å². The molecule has 1 aliphatic rings. The van der Waals surface area contributed by atoms with Gasteiger partial charge in [0.2, 0.25) is 5.91 Å². The van der Waals surface area contributed by atoms with E-state index in [1.54, 1.807) is 18.5 Å². The molecule has 2 aromatic rings. The van der Waals surface area contributed by atoms with Crippen molar-refractivity contribution in [1.82, 2.24) is 9.88 Å². The molecule has 2 heterocycles. The molecular formula is C17H19N5O2S. The Kier molecular flexibility index (Phi) is 4.30. The third-order valence-corrected chi connectivity index (χ3v) is 4.94. The summed E-state index contributed by atoms with van der Waals surface area (Å²) in [5.74, 6) is -0.178. The van der Waals surface area contributed by atoms with Crippen LogP contribution in [0.15, 0.2) is 34.6 Å². The van der Waals surface area contributed by atoms with Gasteiger partial charge in [-0.1, -0.05) is 12.1 Å². The molecule has 7 nitrogen and oxygen atoms in total. The number of thiazole rings is 1. The van der Waals surface area contributed by atoms with E-state index in [0.29, 0.717) is 11.4 Å². The first kappa shape index (κ1) is 17.1. The summed E-state index contributed by atoms with van der Waals surface area (Å²) in [7, 11) is 1.60. The molecular weight excluding hydrogens is 338 g/mol. The second-order valence-electron chi connectivity index (χ2n) is 6.16. The van der Waals surface area contributed by atoms with Gasteiger partial charge in [0.15, 0.2) is 5.96 Å². The van der Waals surface area contributed by atoms with Crippen molar-refractivity contribution in [2.75, 3.05) is 12.4 Å². The lowest BCUT2D eigenvalue weighted by Crippen LogP contribution is -2.47. The van der Waals surface area contributed by atoms with E-state index in [1.165, 1.54) is 16.2 Å². The quantitative estimate of drug-likeness (QED) is 0.878. The van der Waals surface area contributed by atoms with Crippen LogP contribution in [-0.2, 0) is 10.3 Å². The number of hydrogen-bond acceptors (Lipinski definition) is 6. The number of aryl methyl sites for hydroxylation is 1. The van der Waals surface area contributed by atoms with E-state index in [4.69, 9.17) is 5.73 Å². The molecule has 0 bridgehead atoms. The number of guanidine groups is 1. The Morgan fingerprint density at radius 3 is 2.84 bits per heavy atom. The summed E-state index contributed by atoms with van der Waals surface area (Å²) in [6.45, 7) is 3.71. The average Bonchev–Trinajstić information content (AvgIpc) is 2.99. The van der Waals surface area contributed by atoms with Crippen LogP contribution in [-0.4, -0.2) is 34.7 Å². The standard InChI is InChI=1S/C17H19N5O2S/c1-10-19-13(9-25-10)15(24)20-12-6-4-5-11(7-12)17(2)8-14(23)22(3)16(18)21-17/h4-7,9H,8H2,1-3H3,(H2,18,21)(H,20,24)/t17-/m0/s1. The fourth-order valence-corrected chi connectivity index (χ4v) is 3.26. The van der Waals surface area contributed by atoms with Crippen LogP contribution < -0.4 is 11.1 Å². The van der Waals surface area contributed by atoms with Gasteiger partial charge in [0.25, 0.3) is 5.91 Å². The highest BCUT2D eigenvalue weighted by Crippen LogP contribution is 2.34. The maximum absolute atomic E-state index is 12.3. The number of nitrogens with one attached hydrogen (secondary N) is 1. The van der Waals surface area contributed by atoms with Crippen molar-refractivity contribution in [3.63, 3.8) is 0 Å². The molecule has 3 rings (SSSR count). The maximum atomic E-state index is 12.3. The summed E-state index contributed by atoms with van der Waals surface area (Å²) in [6, 6.07) is 7.29. The Morgan fingerprint density at radius 2 is 2.20 bits per heavy atom. The normalized spacial score (nSPS) is 20.4. The first-order valence-corrected chi connectivity index (χ1v) is 8.62. The molecule has 0 saturated heterocycles. The van der Waals surface area contributed by atoms with Gasteiger partial charge in [-0.15, -0.1) is 11.3 Å². The van der Waals surface area contributed by atoms with Gasteiger partial charge in [0.1, 0.15) is 5.69 Å². The lowest BCUT2D eigenvalue weighted by Gasteiger charge is -2.33. The highest BCUT2D eigenvalue weighted by atomic mass is 32.1. The molecule has 0 saturated carbocycles. The number of carbonyl (C=O) groups excluding carboxylic acids is 2. The fourth-order valence-electron chi connectivity index (χ4n) is 2.67. The van der Waals surface area contributed by atoms with Gasteiger partial charge in [0.05, 0.1) is 17.0 Å². The van der Waals surface area contributed by atoms with Crippen molar-refractivity contribution in [3.8, 4) is 0 Å². The predicted molar refractivity (Wildman–Crippen MR) is 97.6 cm³/mol. The summed E-state index contributed by atoms with van der Waals surface area (Å²) in [5, 5.41) is 5.38. The van der Waals surface area contributed by atoms with Gasteiger partial charge in [0, 0.05) is 18.1 Å². The Balaban J connectivity index is 1.87. The molecule has 1 aromatic carbocycles. The van der Waals surface area contributed by atoms with Crippen molar-refractivity contribution < 1.29 is 9.59 Å². The summed E-state index contributed by atoms with van der Waals surface area (Å²) in [6.07, 6.45) is 0.215. The molecule has 25 heavy (non-hydrogen) atoms. The number of anilines is 1. The summed E-state index contributed by atoms with van der Waals surface area (Å²) < 4.78 is 0. The Labute approximate surface area is 149 Å². The molecule has 1 aliphatic heterocycles. The number of carbonyl (C=O) groups is 2. The maximum Gasteiger partial charge on any atom is 0.275 e. The van der Waals surface area contributed by atoms with Crippen LogP contribution in [0.25, 0.3) is 0 Å². The minimum atomic E-state index is -0.758. The molecule has 1 aromatic heterocycles. The van der Waals surface area contributed by atoms with Crippen molar-refractivity contribution >= 4 is 34.8 Å². The number of hydrogen-bond donors (Lipinski definition) is 2. The third-order valence-electron chi connectivity index (χ3n) is 4.17. The van der Waals surface area contributed by atoms with Crippen molar-refractivity contribution in [1.29, 1.82) is 0 Å². The van der Waals surface area contributed by atoms with Gasteiger partial charge in [-0.05, 0) is 31.5 Å². The first-order valence-electron chi connectivity index (χ1n) is 7.74. The molecule has 0 fully saturated rings. The Hall–Kier alpha value is -2.74. The minimum Gasteiger partial charge on any atom is -0.369 e. The fraction of sp³-hybridized carbons (Fsp3) is 0.294. The van der Waals surface area contributed by atoms with Crippen molar-refractivity contribution in [2.45, 2.75) is 25.8 Å². The SMILES string of the molecule is Cc1nc(C(=O)Nc2cccc([C@]3(C)CC(=O)N(C)C(N)=N3)c2)cs1. The average molecular weight is 357 g/mol. The van der Waals surface area contributed by atoms with Gasteiger partial charge in [-0.3, -0.25) is 14.5 Å². The highest BCUT2D eigenvalue weighted by molar-refractivity contribution is 7.09. The molecule has 0 spiro atoms. The Bertz CT molecular complexity index is 875. The number of rotatable bonds is 3. The molecule has 8 heteroatoms. The number of aliphatic imine (C=N–C) groups is 1. The zero-order valence-corrected chi connectivity index (χ0v) is 15.1. The lowest BCUT2D eigenvalue weighted by molar-refractivity contribution is -0.128. The van der Waals surface area contributed by atoms with Gasteiger partial charge >= 0.3 is 0 Å². The zero-order chi connectivity index (χ0) is 18.2. The summed E-state index contributed by atoms with van der Waals surface area (Å²) in [5.41, 5.74) is 6.91. The minimum absolute atomic E-state index is 0.0950. The largest absolute Gasteiger partial charge is 0.369 e. The molecule has 130 valence electrons. The number of aromatic nitrogens is 1. The second-order valence-corrected chi connectivity index (χ2v) is 7.22. The van der Waals surface area contributed by atoms with Gasteiger partial charge in [-0.2, -0.15) is 0 Å². The van der Waals surface area contributed by atoms with Crippen LogP contribution >= 0.6 is 11.3 Å². The summed E-state index contributed by atoms with van der Waals surface area (Å²) >= 11 is 1.42. The highest BCUT2D eigenvalue weighted by Gasteiger charge is 2.36. The number of benzene rings is 1. The molecule has 0 aliphatic carbocycles. The Morgan fingerprint density at radius 1 is 1.44 bits per heavy atom. The second kappa shape index (κ2) is 6.29. The number of nitrogens with two attached hydrogens (primary N) is 1. The zero-order valence-electron chi connectivity index (χ0n) is 14.2. The van der Waals surface area contributed by atoms with Crippen LogP contribution in [0.1, 0.15) is 34.4 Å². The topological polar surface area (TPSA) is 101 Å². The monoisotopic (exact) mass is 357 g/mol. The van der Waals surface area contributed by atoms with Crippen LogP contribution in [0.2, 0.25) is 0 Å². The first-order chi connectivity index (χ1) is 11.8. The smallest absolute Gasteiger partial charge is 0.275 e. The number of nitrogens with zero attached hydrogens (tertiary/aromatic N) is 3. The van der Waals surface area contributed by atoms with Crippen molar-refractivity contribution in [3.05, 3.63) is 45.9 Å². The lowest BCUT2D eigenvalue weighted by atomic mass is 9.87. The van der Waals surface area contributed by atoms with E-state index in [9.17, 15) is 9.59 Å². The van der Waals surface area contributed by atoms with E-state index in [1.807, 2.05) is 32.0 Å². The van der Waals surface area contributed by atoms with Gasteiger partial charge in [-0.25, -0.2) is 9.98 Å². The van der Waals surface area contributed by atoms with E-state index in [0.717, 1.165) is 10.6 Å².